The van der Waals surface area contributed by atoms with Crippen molar-refractivity contribution < 1.29 is 4.74 Å². The van der Waals surface area contributed by atoms with Crippen molar-refractivity contribution in [2.45, 2.75) is 12.8 Å². The van der Waals surface area contributed by atoms with Gasteiger partial charge in [0.05, 0.1) is 6.73 Å². The molecule has 0 aromatic heterocycles. The Bertz CT molecular complexity index is 83.7. The summed E-state index contributed by atoms with van der Waals surface area (Å²) in [4.78, 5) is 2.30. The summed E-state index contributed by atoms with van der Waals surface area (Å²) < 4.78 is 5.26. The summed E-state index contributed by atoms with van der Waals surface area (Å²) in [6.45, 7) is 3.99. The maximum Gasteiger partial charge on any atom is 0.0990 e. The number of ether oxygens (including phenoxy) is 1. The lowest BCUT2D eigenvalue weighted by Gasteiger charge is -2.25. The van der Waals surface area contributed by atoms with Crippen LogP contribution < -0.4 is 0 Å². The van der Waals surface area contributed by atoms with Crippen LogP contribution in [0, 0.1) is 0 Å². The third-order valence-electron chi connectivity index (χ3n) is 1.64. The van der Waals surface area contributed by atoms with Crippen LogP contribution >= 0.6 is 11.6 Å². The predicted molar refractivity (Wildman–Crippen MR) is 42.3 cm³/mol. The summed E-state index contributed by atoms with van der Waals surface area (Å²) in [5, 5.41) is 0. The Labute approximate surface area is 67.1 Å². The first-order valence-corrected chi connectivity index (χ1v) is 4.33. The molecule has 0 radical (unpaired) electrons. The molecule has 0 aliphatic carbocycles. The Kier molecular flexibility index (Phi) is 4.10. The van der Waals surface area contributed by atoms with Crippen LogP contribution in [-0.2, 0) is 4.74 Å². The van der Waals surface area contributed by atoms with Crippen molar-refractivity contribution in [2.75, 3.05) is 32.3 Å². The monoisotopic (exact) mass is 163 g/mol. The van der Waals surface area contributed by atoms with Gasteiger partial charge in [-0.05, 0) is 12.8 Å². The van der Waals surface area contributed by atoms with Crippen LogP contribution in [0.25, 0.3) is 0 Å². The van der Waals surface area contributed by atoms with Gasteiger partial charge in [-0.2, -0.15) is 0 Å². The van der Waals surface area contributed by atoms with Gasteiger partial charge in [-0.25, -0.2) is 0 Å². The van der Waals surface area contributed by atoms with Crippen LogP contribution in [-0.4, -0.2) is 37.2 Å². The fraction of sp³-hybridized carbons (Fsp3) is 1.00. The van der Waals surface area contributed by atoms with Gasteiger partial charge in [-0.1, -0.05) is 0 Å². The molecule has 1 saturated heterocycles. The summed E-state index contributed by atoms with van der Waals surface area (Å²) >= 11 is 5.55. The van der Waals surface area contributed by atoms with Gasteiger partial charge in [0.1, 0.15) is 0 Å². The van der Waals surface area contributed by atoms with Gasteiger partial charge in [0.15, 0.2) is 0 Å². The minimum Gasteiger partial charge on any atom is -0.366 e. The molecule has 3 heteroatoms. The molecule has 0 unspecified atom stereocenters. The number of nitrogens with zero attached hydrogens (tertiary/aromatic N) is 1. The van der Waals surface area contributed by atoms with Crippen molar-refractivity contribution >= 4 is 11.6 Å². The Morgan fingerprint density at radius 2 is 2.40 bits per heavy atom. The van der Waals surface area contributed by atoms with Crippen LogP contribution in [0.5, 0.6) is 0 Å². The van der Waals surface area contributed by atoms with E-state index in [1.54, 1.807) is 0 Å². The second-order valence-electron chi connectivity index (χ2n) is 2.55. The summed E-state index contributed by atoms with van der Waals surface area (Å²) in [7, 11) is 0. The normalized spacial score (nSPS) is 21.3. The summed E-state index contributed by atoms with van der Waals surface area (Å²) in [5.74, 6) is 0.760. The van der Waals surface area contributed by atoms with Gasteiger partial charge in [-0.15, -0.1) is 11.6 Å². The van der Waals surface area contributed by atoms with E-state index >= 15 is 0 Å². The SMILES string of the molecule is ClCCCN1CCCOC1. The second-order valence-corrected chi connectivity index (χ2v) is 2.93. The van der Waals surface area contributed by atoms with Crippen molar-refractivity contribution in [3.8, 4) is 0 Å². The van der Waals surface area contributed by atoms with Gasteiger partial charge in [-0.3, -0.25) is 4.90 Å². The molecular formula is C7H14ClNO. The van der Waals surface area contributed by atoms with E-state index < -0.39 is 0 Å². The van der Waals surface area contributed by atoms with Crippen LogP contribution in [0.15, 0.2) is 0 Å². The maximum absolute atomic E-state index is 5.55. The van der Waals surface area contributed by atoms with E-state index in [2.05, 4.69) is 4.90 Å². The van der Waals surface area contributed by atoms with Crippen molar-refractivity contribution in [1.82, 2.24) is 4.90 Å². The van der Waals surface area contributed by atoms with Gasteiger partial charge in [0.2, 0.25) is 0 Å². The zero-order valence-corrected chi connectivity index (χ0v) is 6.94. The average molecular weight is 164 g/mol. The standard InChI is InChI=1S/C7H14ClNO/c8-3-1-4-9-5-2-6-10-7-9/h1-7H2. The molecule has 0 aromatic rings. The Morgan fingerprint density at radius 1 is 1.50 bits per heavy atom. The smallest absolute Gasteiger partial charge is 0.0990 e. The lowest BCUT2D eigenvalue weighted by atomic mass is 10.3. The molecule has 1 aliphatic heterocycles. The Morgan fingerprint density at radius 3 is 3.00 bits per heavy atom. The molecule has 1 aliphatic rings. The molecule has 0 spiro atoms. The zero-order chi connectivity index (χ0) is 7.23. The van der Waals surface area contributed by atoms with Crippen molar-refractivity contribution in [3.63, 3.8) is 0 Å². The number of alkyl halides is 1. The molecule has 0 amide bonds. The predicted octanol–water partition coefficient (Wildman–Crippen LogP) is 1.30. The first-order chi connectivity index (χ1) is 4.93. The minimum atomic E-state index is 0.760. The van der Waals surface area contributed by atoms with Gasteiger partial charge >= 0.3 is 0 Å². The van der Waals surface area contributed by atoms with E-state index in [9.17, 15) is 0 Å². The molecule has 2 nitrogen and oxygen atoms in total. The molecule has 1 rings (SSSR count). The van der Waals surface area contributed by atoms with Gasteiger partial charge in [0, 0.05) is 25.6 Å². The molecule has 60 valence electrons. The van der Waals surface area contributed by atoms with E-state index in [0.29, 0.717) is 0 Å². The molecule has 0 atom stereocenters. The Balaban J connectivity index is 2.02. The highest BCUT2D eigenvalue weighted by atomic mass is 35.5. The lowest BCUT2D eigenvalue weighted by Crippen LogP contribution is -2.33. The van der Waals surface area contributed by atoms with E-state index in [1.807, 2.05) is 0 Å². The average Bonchev–Trinajstić information content (AvgIpc) is 2.03. The first-order valence-electron chi connectivity index (χ1n) is 3.79. The topological polar surface area (TPSA) is 12.5 Å². The van der Waals surface area contributed by atoms with Crippen LogP contribution in [0.2, 0.25) is 0 Å². The highest BCUT2D eigenvalue weighted by molar-refractivity contribution is 6.17. The molecular weight excluding hydrogens is 150 g/mol. The van der Waals surface area contributed by atoms with Crippen LogP contribution in [0.3, 0.4) is 0 Å². The summed E-state index contributed by atoms with van der Waals surface area (Å²) in [6.07, 6.45) is 2.24. The highest BCUT2D eigenvalue weighted by Crippen LogP contribution is 2.01. The molecule has 1 heterocycles. The van der Waals surface area contributed by atoms with E-state index in [1.165, 1.54) is 13.0 Å². The third kappa shape index (κ3) is 2.86. The fourth-order valence-corrected chi connectivity index (χ4v) is 1.23. The Hall–Kier alpha value is 0.210. The number of halogens is 1. The number of hydrogen-bond donors (Lipinski definition) is 0. The summed E-state index contributed by atoms with van der Waals surface area (Å²) in [5.41, 5.74) is 0. The fourth-order valence-electron chi connectivity index (χ4n) is 1.11. The molecule has 0 N–H and O–H groups in total. The zero-order valence-electron chi connectivity index (χ0n) is 6.18. The largest absolute Gasteiger partial charge is 0.366 e. The van der Waals surface area contributed by atoms with Gasteiger partial charge in [0.25, 0.3) is 0 Å². The number of hydrogen-bond acceptors (Lipinski definition) is 2. The van der Waals surface area contributed by atoms with Crippen LogP contribution in [0.1, 0.15) is 12.8 Å². The molecule has 0 saturated carbocycles. The van der Waals surface area contributed by atoms with E-state index in [4.69, 9.17) is 16.3 Å². The van der Waals surface area contributed by atoms with Crippen LogP contribution in [0.4, 0.5) is 0 Å². The van der Waals surface area contributed by atoms with E-state index in [0.717, 1.165) is 32.2 Å². The highest BCUT2D eigenvalue weighted by Gasteiger charge is 2.08. The summed E-state index contributed by atoms with van der Waals surface area (Å²) in [6, 6.07) is 0. The molecule has 0 bridgehead atoms. The molecule has 10 heavy (non-hydrogen) atoms. The van der Waals surface area contributed by atoms with Crippen molar-refractivity contribution in [2.24, 2.45) is 0 Å². The minimum absolute atomic E-state index is 0.760. The first kappa shape index (κ1) is 8.31. The van der Waals surface area contributed by atoms with E-state index in [-0.39, 0.29) is 0 Å². The number of rotatable bonds is 3. The quantitative estimate of drug-likeness (QED) is 0.582. The molecule has 0 aromatic carbocycles. The van der Waals surface area contributed by atoms with Crippen molar-refractivity contribution in [1.29, 1.82) is 0 Å². The third-order valence-corrected chi connectivity index (χ3v) is 1.91. The van der Waals surface area contributed by atoms with Gasteiger partial charge < -0.3 is 4.74 Å². The molecule has 1 fully saturated rings. The second kappa shape index (κ2) is 4.94. The van der Waals surface area contributed by atoms with Crippen molar-refractivity contribution in [3.05, 3.63) is 0 Å². The maximum atomic E-state index is 5.55. The lowest BCUT2D eigenvalue weighted by molar-refractivity contribution is -0.0129.